The lowest BCUT2D eigenvalue weighted by atomic mass is 9.96. The Balaban J connectivity index is 0.00000261. The predicted molar refractivity (Wildman–Crippen MR) is 125 cm³/mol. The van der Waals surface area contributed by atoms with Gasteiger partial charge in [-0.25, -0.2) is 0 Å². The number of rotatable bonds is 7. The number of nitrogens with zero attached hydrogens (tertiary/aromatic N) is 2. The Hall–Kier alpha value is -0.830. The fraction of sp³-hybridized carbons (Fsp3) is 0.600. The van der Waals surface area contributed by atoms with Crippen LogP contribution in [0.3, 0.4) is 0 Å². The van der Waals surface area contributed by atoms with Crippen molar-refractivity contribution < 1.29 is 4.79 Å². The smallest absolute Gasteiger partial charge is 0.224 e. The minimum atomic E-state index is 0. The maximum Gasteiger partial charge on any atom is 0.224 e. The molecule has 5 nitrogen and oxygen atoms in total. The molecular weight excluding hydrogens is 519 g/mol. The third-order valence-corrected chi connectivity index (χ3v) is 5.96. The lowest BCUT2D eigenvalue weighted by molar-refractivity contribution is -0.129. The van der Waals surface area contributed by atoms with Gasteiger partial charge in [0.2, 0.25) is 5.91 Å². The molecule has 1 aliphatic heterocycles. The van der Waals surface area contributed by atoms with Gasteiger partial charge in [-0.05, 0) is 44.2 Å². The first-order valence-electron chi connectivity index (χ1n) is 9.69. The number of nitrogens with one attached hydrogen (secondary N) is 2. The Morgan fingerprint density at radius 2 is 1.93 bits per heavy atom. The molecule has 7 heteroatoms. The van der Waals surface area contributed by atoms with Crippen LogP contribution in [0, 0.1) is 0 Å². The molecule has 1 amide bonds. The summed E-state index contributed by atoms with van der Waals surface area (Å²) in [5.41, 5.74) is 1.51. The van der Waals surface area contributed by atoms with E-state index in [1.807, 2.05) is 4.90 Å². The molecule has 1 heterocycles. The van der Waals surface area contributed by atoms with Crippen LogP contribution in [-0.2, 0) is 10.2 Å². The van der Waals surface area contributed by atoms with Crippen molar-refractivity contribution in [2.24, 2.45) is 4.99 Å². The Labute approximate surface area is 187 Å². The van der Waals surface area contributed by atoms with E-state index in [0.717, 1.165) is 45.0 Å². The molecule has 1 aliphatic carbocycles. The normalized spacial score (nSPS) is 18.0. The third-order valence-electron chi connectivity index (χ3n) is 5.27. The molecule has 2 aliphatic rings. The van der Waals surface area contributed by atoms with Gasteiger partial charge in [-0.3, -0.25) is 9.79 Å². The van der Waals surface area contributed by atoms with E-state index in [2.05, 4.69) is 57.8 Å². The Kier molecular flexibility index (Phi) is 8.85. The second-order valence-corrected chi connectivity index (χ2v) is 8.07. The lowest BCUT2D eigenvalue weighted by Gasteiger charge is -2.18. The minimum absolute atomic E-state index is 0. The predicted octanol–water partition coefficient (Wildman–Crippen LogP) is 3.67. The Bertz CT molecular complexity index is 657. The summed E-state index contributed by atoms with van der Waals surface area (Å²) in [4.78, 5) is 18.9. The summed E-state index contributed by atoms with van der Waals surface area (Å²) < 4.78 is 1.17. The molecule has 0 aromatic heterocycles. The van der Waals surface area contributed by atoms with Crippen molar-refractivity contribution >= 4 is 51.8 Å². The first kappa shape index (κ1) is 22.5. The number of hydrogen-bond donors (Lipinski definition) is 2. The van der Waals surface area contributed by atoms with Crippen molar-refractivity contribution in [3.63, 3.8) is 0 Å². The van der Waals surface area contributed by atoms with Crippen molar-refractivity contribution in [3.8, 4) is 0 Å². The number of amides is 1. The molecule has 0 atom stereocenters. The number of halogens is 2. The molecular formula is C20H30BrIN4O. The van der Waals surface area contributed by atoms with Gasteiger partial charge in [0.1, 0.15) is 0 Å². The van der Waals surface area contributed by atoms with Crippen LogP contribution in [0.25, 0.3) is 0 Å². The second kappa shape index (κ2) is 10.6. The highest BCUT2D eigenvalue weighted by atomic mass is 127. The minimum Gasteiger partial charge on any atom is -0.357 e. The van der Waals surface area contributed by atoms with Gasteiger partial charge in [-0.2, -0.15) is 0 Å². The quantitative estimate of drug-likeness (QED) is 0.310. The van der Waals surface area contributed by atoms with Crippen LogP contribution in [0.4, 0.5) is 0 Å². The molecule has 0 unspecified atom stereocenters. The number of carbonyl (C=O) groups is 1. The SMILES string of the molecule is CCNC(=NCC1(c2ccccc2Br)CC1)NCCC(=O)N1CCCC1.I. The zero-order valence-electron chi connectivity index (χ0n) is 16.0. The van der Waals surface area contributed by atoms with Gasteiger partial charge in [-0.15, -0.1) is 24.0 Å². The summed E-state index contributed by atoms with van der Waals surface area (Å²) in [6.07, 6.45) is 5.15. The summed E-state index contributed by atoms with van der Waals surface area (Å²) in [5.74, 6) is 1.05. The Morgan fingerprint density at radius 3 is 2.56 bits per heavy atom. The molecule has 1 aromatic carbocycles. The van der Waals surface area contributed by atoms with Crippen molar-refractivity contribution in [2.45, 2.75) is 44.4 Å². The molecule has 3 rings (SSSR count). The van der Waals surface area contributed by atoms with Gasteiger partial charge in [-0.1, -0.05) is 34.1 Å². The zero-order valence-corrected chi connectivity index (χ0v) is 19.9. The van der Waals surface area contributed by atoms with Gasteiger partial charge in [0.05, 0.1) is 6.54 Å². The summed E-state index contributed by atoms with van der Waals surface area (Å²) in [5, 5.41) is 6.62. The molecule has 27 heavy (non-hydrogen) atoms. The van der Waals surface area contributed by atoms with Crippen LogP contribution in [0.2, 0.25) is 0 Å². The van der Waals surface area contributed by atoms with Crippen LogP contribution in [0.1, 0.15) is 44.6 Å². The molecule has 150 valence electrons. The van der Waals surface area contributed by atoms with E-state index in [0.29, 0.717) is 13.0 Å². The van der Waals surface area contributed by atoms with Crippen LogP contribution in [0.5, 0.6) is 0 Å². The van der Waals surface area contributed by atoms with Crippen LogP contribution >= 0.6 is 39.9 Å². The first-order chi connectivity index (χ1) is 12.6. The van der Waals surface area contributed by atoms with Crippen molar-refractivity contribution in [1.29, 1.82) is 0 Å². The zero-order chi connectivity index (χ0) is 18.4. The number of likely N-dealkylation sites (tertiary alicyclic amines) is 1. The van der Waals surface area contributed by atoms with Gasteiger partial charge in [0.25, 0.3) is 0 Å². The molecule has 0 bridgehead atoms. The maximum absolute atomic E-state index is 12.2. The molecule has 0 spiro atoms. The van der Waals surface area contributed by atoms with E-state index in [9.17, 15) is 4.79 Å². The summed E-state index contributed by atoms with van der Waals surface area (Å²) in [6, 6.07) is 8.45. The standard InChI is InChI=1S/C20H29BrN4O.HI/c1-2-22-19(23-12-9-18(26)25-13-5-6-14-25)24-15-20(10-11-20)16-7-3-4-8-17(16)21;/h3-4,7-8H,2,5-6,9-15H2,1H3,(H2,22,23,24);1H. The van der Waals surface area contributed by atoms with E-state index in [1.54, 1.807) is 0 Å². The fourth-order valence-corrected chi connectivity index (χ4v) is 4.24. The highest BCUT2D eigenvalue weighted by Gasteiger charge is 2.45. The van der Waals surface area contributed by atoms with Gasteiger partial charge < -0.3 is 15.5 Å². The monoisotopic (exact) mass is 548 g/mol. The number of hydrogen-bond acceptors (Lipinski definition) is 2. The van der Waals surface area contributed by atoms with E-state index in [1.165, 1.54) is 22.9 Å². The number of carbonyl (C=O) groups excluding carboxylic acids is 1. The van der Waals surface area contributed by atoms with Gasteiger partial charge in [0.15, 0.2) is 5.96 Å². The van der Waals surface area contributed by atoms with E-state index in [4.69, 9.17) is 4.99 Å². The second-order valence-electron chi connectivity index (χ2n) is 7.22. The van der Waals surface area contributed by atoms with E-state index < -0.39 is 0 Å². The van der Waals surface area contributed by atoms with Gasteiger partial charge >= 0.3 is 0 Å². The summed E-state index contributed by atoms with van der Waals surface area (Å²) in [7, 11) is 0. The molecule has 0 radical (unpaired) electrons. The average Bonchev–Trinajstić information content (AvgIpc) is 3.22. The number of aliphatic imine (C=N–C) groups is 1. The van der Waals surface area contributed by atoms with Gasteiger partial charge in [0, 0.05) is 42.5 Å². The molecule has 2 fully saturated rings. The van der Waals surface area contributed by atoms with Crippen LogP contribution in [-0.4, -0.2) is 49.5 Å². The third kappa shape index (κ3) is 6.07. The largest absolute Gasteiger partial charge is 0.357 e. The van der Waals surface area contributed by atoms with Crippen molar-refractivity contribution in [3.05, 3.63) is 34.3 Å². The lowest BCUT2D eigenvalue weighted by Crippen LogP contribution is -2.40. The molecule has 1 aromatic rings. The molecule has 1 saturated heterocycles. The van der Waals surface area contributed by atoms with Crippen molar-refractivity contribution in [2.75, 3.05) is 32.7 Å². The summed E-state index contributed by atoms with van der Waals surface area (Å²) >= 11 is 3.68. The van der Waals surface area contributed by atoms with E-state index >= 15 is 0 Å². The molecule has 2 N–H and O–H groups in total. The summed E-state index contributed by atoms with van der Waals surface area (Å²) in [6.45, 7) is 6.11. The average molecular weight is 549 g/mol. The topological polar surface area (TPSA) is 56.7 Å². The number of benzene rings is 1. The highest BCUT2D eigenvalue weighted by molar-refractivity contribution is 14.0. The number of guanidine groups is 1. The Morgan fingerprint density at radius 1 is 1.22 bits per heavy atom. The van der Waals surface area contributed by atoms with E-state index in [-0.39, 0.29) is 35.3 Å². The van der Waals surface area contributed by atoms with Crippen LogP contribution in [0.15, 0.2) is 33.7 Å². The molecule has 1 saturated carbocycles. The fourth-order valence-electron chi connectivity index (χ4n) is 3.54. The first-order valence-corrected chi connectivity index (χ1v) is 10.5. The highest BCUT2D eigenvalue weighted by Crippen LogP contribution is 2.50. The van der Waals surface area contributed by atoms with Crippen molar-refractivity contribution in [1.82, 2.24) is 15.5 Å². The maximum atomic E-state index is 12.2. The van der Waals surface area contributed by atoms with Crippen LogP contribution < -0.4 is 10.6 Å².